The molecule has 1 aliphatic heterocycles. The Bertz CT molecular complexity index is 786. The fourth-order valence-corrected chi connectivity index (χ4v) is 2.92. The first kappa shape index (κ1) is 12.8. The molecule has 2 aliphatic rings. The maximum absolute atomic E-state index is 11.4. The van der Waals surface area contributed by atoms with E-state index in [9.17, 15) is 4.79 Å². The number of para-hydroxylation sites is 1. The number of benzene rings is 2. The lowest BCUT2D eigenvalue weighted by molar-refractivity contribution is -0.110. The zero-order valence-electron chi connectivity index (χ0n) is 12.0. The van der Waals surface area contributed by atoms with Crippen LogP contribution in [0.25, 0.3) is 5.57 Å². The topological polar surface area (TPSA) is 26.3 Å². The van der Waals surface area contributed by atoms with Crippen molar-refractivity contribution < 1.29 is 9.53 Å². The first-order valence-corrected chi connectivity index (χ1v) is 7.28. The lowest BCUT2D eigenvalue weighted by Crippen LogP contribution is -1.98. The predicted molar refractivity (Wildman–Crippen MR) is 86.5 cm³/mol. The summed E-state index contributed by atoms with van der Waals surface area (Å²) in [4.78, 5) is 11.4. The molecule has 0 radical (unpaired) electrons. The Kier molecular flexibility index (Phi) is 3.01. The highest BCUT2D eigenvalue weighted by Crippen LogP contribution is 2.39. The van der Waals surface area contributed by atoms with Gasteiger partial charge in [-0.1, -0.05) is 54.6 Å². The van der Waals surface area contributed by atoms with Gasteiger partial charge in [-0.25, -0.2) is 0 Å². The van der Waals surface area contributed by atoms with Gasteiger partial charge in [-0.15, -0.1) is 0 Å². The van der Waals surface area contributed by atoms with Gasteiger partial charge in [0.25, 0.3) is 0 Å². The summed E-state index contributed by atoms with van der Waals surface area (Å²) in [7, 11) is 0. The minimum absolute atomic E-state index is 0.0239. The second-order valence-corrected chi connectivity index (χ2v) is 5.34. The molecule has 0 spiro atoms. The van der Waals surface area contributed by atoms with Crippen LogP contribution in [0.15, 0.2) is 78.4 Å². The smallest absolute Gasteiger partial charge is 0.178 e. The van der Waals surface area contributed by atoms with Gasteiger partial charge in [0.05, 0.1) is 0 Å². The molecule has 2 aromatic rings. The summed E-state index contributed by atoms with van der Waals surface area (Å²) < 4.78 is 5.97. The van der Waals surface area contributed by atoms with Crippen molar-refractivity contribution in [3.63, 3.8) is 0 Å². The zero-order valence-corrected chi connectivity index (χ0v) is 12.0. The molecule has 1 aliphatic carbocycles. The van der Waals surface area contributed by atoms with Crippen molar-refractivity contribution in [3.8, 4) is 5.75 Å². The molecule has 1 heterocycles. The standard InChI is InChI=1S/C20H14O2/c21-16-11-9-14(10-12-16)20-17-6-2-1-5-15(17)13-22-19-8-4-3-7-18(19)20/h1-12H,13H2. The van der Waals surface area contributed by atoms with Crippen molar-refractivity contribution in [2.24, 2.45) is 0 Å². The number of allylic oxidation sites excluding steroid dienone is 5. The summed E-state index contributed by atoms with van der Waals surface area (Å²) in [6.07, 6.45) is 6.99. The van der Waals surface area contributed by atoms with E-state index in [1.807, 2.05) is 42.5 Å². The van der Waals surface area contributed by atoms with Gasteiger partial charge < -0.3 is 4.74 Å². The van der Waals surface area contributed by atoms with E-state index >= 15 is 0 Å². The third kappa shape index (κ3) is 2.09. The largest absolute Gasteiger partial charge is 0.488 e. The molecule has 0 aromatic heterocycles. The number of rotatable bonds is 0. The Hall–Kier alpha value is -2.87. The summed E-state index contributed by atoms with van der Waals surface area (Å²) in [5, 5.41) is 0. The average Bonchev–Trinajstić information content (AvgIpc) is 2.73. The Morgan fingerprint density at radius 2 is 1.45 bits per heavy atom. The molecule has 0 N–H and O–H groups in total. The summed E-state index contributed by atoms with van der Waals surface area (Å²) in [5.74, 6) is 0.899. The van der Waals surface area contributed by atoms with Crippen LogP contribution >= 0.6 is 0 Å². The molecule has 0 amide bonds. The van der Waals surface area contributed by atoms with E-state index in [1.54, 1.807) is 12.2 Å². The Labute approximate surface area is 129 Å². The monoisotopic (exact) mass is 286 g/mol. The van der Waals surface area contributed by atoms with E-state index in [1.165, 1.54) is 0 Å². The second kappa shape index (κ2) is 5.15. The lowest BCUT2D eigenvalue weighted by Gasteiger charge is -2.14. The van der Waals surface area contributed by atoms with Gasteiger partial charge in [0, 0.05) is 11.1 Å². The molecule has 0 saturated heterocycles. The highest BCUT2D eigenvalue weighted by atomic mass is 16.5. The average molecular weight is 286 g/mol. The SMILES string of the molecule is O=C1C=CC(=C2c3ccccc3COc3ccccc32)C=C1. The van der Waals surface area contributed by atoms with Gasteiger partial charge >= 0.3 is 0 Å². The summed E-state index contributed by atoms with van der Waals surface area (Å²) >= 11 is 0. The van der Waals surface area contributed by atoms with Crippen molar-refractivity contribution in [3.05, 3.63) is 95.1 Å². The molecule has 22 heavy (non-hydrogen) atoms. The maximum Gasteiger partial charge on any atom is 0.178 e. The maximum atomic E-state index is 11.4. The summed E-state index contributed by atoms with van der Waals surface area (Å²) in [6.45, 7) is 0.552. The van der Waals surface area contributed by atoms with Gasteiger partial charge in [-0.05, 0) is 34.9 Å². The number of carbonyl (C=O) groups is 1. The molecule has 2 nitrogen and oxygen atoms in total. The van der Waals surface area contributed by atoms with E-state index < -0.39 is 0 Å². The Morgan fingerprint density at radius 1 is 0.773 bits per heavy atom. The normalized spacial score (nSPS) is 15.9. The van der Waals surface area contributed by atoms with Crippen LogP contribution < -0.4 is 4.74 Å². The van der Waals surface area contributed by atoms with Crippen LogP contribution in [0.3, 0.4) is 0 Å². The van der Waals surface area contributed by atoms with Crippen LogP contribution in [0.2, 0.25) is 0 Å². The van der Waals surface area contributed by atoms with Crippen LogP contribution in [0, 0.1) is 0 Å². The molecule has 2 heteroatoms. The van der Waals surface area contributed by atoms with Gasteiger partial charge in [-0.3, -0.25) is 4.79 Å². The third-order valence-electron chi connectivity index (χ3n) is 3.97. The van der Waals surface area contributed by atoms with E-state index in [-0.39, 0.29) is 5.78 Å². The Morgan fingerprint density at radius 3 is 2.27 bits per heavy atom. The first-order valence-electron chi connectivity index (χ1n) is 7.28. The van der Waals surface area contributed by atoms with Crippen molar-refractivity contribution in [1.82, 2.24) is 0 Å². The highest BCUT2D eigenvalue weighted by molar-refractivity contribution is 6.03. The van der Waals surface area contributed by atoms with Gasteiger partial charge in [0.2, 0.25) is 0 Å². The number of hydrogen-bond donors (Lipinski definition) is 0. The number of ketones is 1. The van der Waals surface area contributed by atoms with Crippen molar-refractivity contribution in [2.75, 3.05) is 0 Å². The quantitative estimate of drug-likeness (QED) is 0.729. The van der Waals surface area contributed by atoms with Crippen LogP contribution in [0.5, 0.6) is 5.75 Å². The molecule has 4 rings (SSSR count). The number of hydrogen-bond acceptors (Lipinski definition) is 2. The first-order chi connectivity index (χ1) is 10.8. The van der Waals surface area contributed by atoms with Crippen molar-refractivity contribution >= 4 is 11.4 Å². The molecule has 0 unspecified atom stereocenters. The molecule has 0 fully saturated rings. The summed E-state index contributed by atoms with van der Waals surface area (Å²) in [5.41, 5.74) is 5.52. The predicted octanol–water partition coefficient (Wildman–Crippen LogP) is 4.08. The number of ether oxygens (including phenoxy) is 1. The Balaban J connectivity index is 2.04. The molecular weight excluding hydrogens is 272 g/mol. The van der Waals surface area contributed by atoms with Gasteiger partial charge in [0.15, 0.2) is 5.78 Å². The lowest BCUT2D eigenvalue weighted by atomic mass is 9.89. The minimum atomic E-state index is 0.0239. The number of carbonyl (C=O) groups excluding carboxylic acids is 1. The van der Waals surface area contributed by atoms with Crippen LogP contribution in [0.4, 0.5) is 0 Å². The highest BCUT2D eigenvalue weighted by Gasteiger charge is 2.21. The van der Waals surface area contributed by atoms with Crippen LogP contribution in [0.1, 0.15) is 16.7 Å². The molecule has 0 saturated carbocycles. The van der Waals surface area contributed by atoms with Gasteiger partial charge in [0.1, 0.15) is 12.4 Å². The van der Waals surface area contributed by atoms with E-state index in [0.29, 0.717) is 6.61 Å². The van der Waals surface area contributed by atoms with Crippen LogP contribution in [-0.2, 0) is 11.4 Å². The molecule has 0 bridgehead atoms. The van der Waals surface area contributed by atoms with Crippen LogP contribution in [-0.4, -0.2) is 5.78 Å². The second-order valence-electron chi connectivity index (χ2n) is 5.34. The summed E-state index contributed by atoms with van der Waals surface area (Å²) in [6, 6.07) is 16.3. The molecule has 106 valence electrons. The van der Waals surface area contributed by atoms with Crippen molar-refractivity contribution in [1.29, 1.82) is 0 Å². The molecule has 2 aromatic carbocycles. The fourth-order valence-electron chi connectivity index (χ4n) is 2.92. The van der Waals surface area contributed by atoms with E-state index in [4.69, 9.17) is 4.74 Å². The van der Waals surface area contributed by atoms with E-state index in [0.717, 1.165) is 33.6 Å². The minimum Gasteiger partial charge on any atom is -0.488 e. The van der Waals surface area contributed by atoms with Gasteiger partial charge in [-0.2, -0.15) is 0 Å². The fraction of sp³-hybridized carbons (Fsp3) is 0.0500. The zero-order chi connectivity index (χ0) is 14.9. The molecule has 0 atom stereocenters. The third-order valence-corrected chi connectivity index (χ3v) is 3.97. The number of fused-ring (bicyclic) bond motifs is 2. The van der Waals surface area contributed by atoms with Crippen molar-refractivity contribution in [2.45, 2.75) is 6.61 Å². The van der Waals surface area contributed by atoms with E-state index in [2.05, 4.69) is 18.2 Å². The molecular formula is C20H14O2.